The zero-order valence-corrected chi connectivity index (χ0v) is 17.0. The number of nitrogens with zero attached hydrogens (tertiary/aromatic N) is 1. The van der Waals surface area contributed by atoms with Crippen molar-refractivity contribution in [3.05, 3.63) is 71.7 Å². The molecular weight excluding hydrogens is 388 g/mol. The number of nitrogens with one attached hydrogen (secondary N) is 1. The molecule has 1 aliphatic carbocycles. The van der Waals surface area contributed by atoms with E-state index in [-0.39, 0.29) is 11.2 Å². The van der Waals surface area contributed by atoms with Crippen LogP contribution in [-0.4, -0.2) is 16.1 Å². The molecule has 1 aliphatic rings. The Morgan fingerprint density at radius 3 is 2.46 bits per heavy atom. The molecule has 0 aliphatic heterocycles. The highest BCUT2D eigenvalue weighted by atomic mass is 32.2. The highest BCUT2D eigenvalue weighted by Crippen LogP contribution is 2.40. The fraction of sp³-hybridized carbons (Fsp3) is 0.273. The summed E-state index contributed by atoms with van der Waals surface area (Å²) in [4.78, 5) is 17.2. The third-order valence-corrected chi connectivity index (χ3v) is 7.00. The van der Waals surface area contributed by atoms with Crippen LogP contribution in [0, 0.1) is 0 Å². The van der Waals surface area contributed by atoms with Gasteiger partial charge in [0.15, 0.2) is 5.13 Å². The number of aromatic nitrogens is 1. The first-order valence-corrected chi connectivity index (χ1v) is 11.3. The van der Waals surface area contributed by atoms with E-state index in [4.69, 9.17) is 4.74 Å². The van der Waals surface area contributed by atoms with Crippen molar-refractivity contribution in [3.8, 4) is 11.5 Å². The predicted molar refractivity (Wildman–Crippen MR) is 116 cm³/mol. The van der Waals surface area contributed by atoms with Gasteiger partial charge in [0.25, 0.3) is 0 Å². The Labute approximate surface area is 173 Å². The molecule has 0 radical (unpaired) electrons. The summed E-state index contributed by atoms with van der Waals surface area (Å²) < 4.78 is 5.88. The standard InChI is InChI=1S/C22H22N2O2S2/c25-21(24-22-23-14-15-27-22)20(28-19-8-4-5-9-19)16-10-12-18(13-11-16)26-17-6-2-1-3-7-17/h1-3,6-7,10-15,19-20H,4-5,8-9H2,(H,23,24,25). The largest absolute Gasteiger partial charge is 0.457 e. The Bertz CT molecular complexity index is 877. The topological polar surface area (TPSA) is 51.2 Å². The molecule has 4 nitrogen and oxygen atoms in total. The average Bonchev–Trinajstić information content (AvgIpc) is 3.42. The normalized spacial score (nSPS) is 15.3. The summed E-state index contributed by atoms with van der Waals surface area (Å²) in [5.74, 6) is 1.55. The molecule has 1 N–H and O–H groups in total. The van der Waals surface area contributed by atoms with Crippen LogP contribution in [0.5, 0.6) is 11.5 Å². The van der Waals surface area contributed by atoms with Gasteiger partial charge in [-0.3, -0.25) is 4.79 Å². The highest BCUT2D eigenvalue weighted by molar-refractivity contribution is 8.00. The average molecular weight is 411 g/mol. The number of amides is 1. The second-order valence-electron chi connectivity index (χ2n) is 6.73. The van der Waals surface area contributed by atoms with Crippen molar-refractivity contribution < 1.29 is 9.53 Å². The van der Waals surface area contributed by atoms with E-state index in [1.54, 1.807) is 18.0 Å². The van der Waals surface area contributed by atoms with Gasteiger partial charge in [0.2, 0.25) is 5.91 Å². The van der Waals surface area contributed by atoms with Gasteiger partial charge in [-0.25, -0.2) is 4.98 Å². The molecular formula is C22H22N2O2S2. The zero-order valence-electron chi connectivity index (χ0n) is 15.4. The van der Waals surface area contributed by atoms with Crippen LogP contribution >= 0.6 is 23.1 Å². The van der Waals surface area contributed by atoms with Crippen molar-refractivity contribution >= 4 is 34.1 Å². The molecule has 144 valence electrons. The first kappa shape index (κ1) is 19.0. The fourth-order valence-electron chi connectivity index (χ4n) is 3.30. The number of benzene rings is 2. The highest BCUT2D eigenvalue weighted by Gasteiger charge is 2.27. The van der Waals surface area contributed by atoms with Gasteiger partial charge in [-0.05, 0) is 42.7 Å². The van der Waals surface area contributed by atoms with Crippen molar-refractivity contribution in [1.82, 2.24) is 4.98 Å². The van der Waals surface area contributed by atoms with Gasteiger partial charge in [-0.2, -0.15) is 0 Å². The van der Waals surface area contributed by atoms with Crippen LogP contribution in [0.2, 0.25) is 0 Å². The monoisotopic (exact) mass is 410 g/mol. The van der Waals surface area contributed by atoms with E-state index in [1.807, 2.05) is 60.0 Å². The lowest BCUT2D eigenvalue weighted by molar-refractivity contribution is -0.115. The van der Waals surface area contributed by atoms with Gasteiger partial charge in [0.05, 0.1) is 0 Å². The zero-order chi connectivity index (χ0) is 19.2. The maximum absolute atomic E-state index is 13.0. The first-order valence-electron chi connectivity index (χ1n) is 9.46. The molecule has 4 rings (SSSR count). The van der Waals surface area contributed by atoms with Crippen molar-refractivity contribution in [2.24, 2.45) is 0 Å². The van der Waals surface area contributed by atoms with E-state index in [2.05, 4.69) is 10.3 Å². The van der Waals surface area contributed by atoms with Crippen LogP contribution in [0.1, 0.15) is 36.5 Å². The molecule has 1 aromatic heterocycles. The van der Waals surface area contributed by atoms with E-state index >= 15 is 0 Å². The lowest BCUT2D eigenvalue weighted by atomic mass is 10.1. The van der Waals surface area contributed by atoms with E-state index in [1.165, 1.54) is 37.0 Å². The van der Waals surface area contributed by atoms with Gasteiger partial charge in [-0.15, -0.1) is 23.1 Å². The van der Waals surface area contributed by atoms with Crippen LogP contribution in [0.15, 0.2) is 66.2 Å². The fourth-order valence-corrected chi connectivity index (χ4v) is 5.32. The Morgan fingerprint density at radius 2 is 1.79 bits per heavy atom. The number of anilines is 1. The number of hydrogen-bond donors (Lipinski definition) is 1. The number of carbonyl (C=O) groups excluding carboxylic acids is 1. The number of ether oxygens (including phenoxy) is 1. The van der Waals surface area contributed by atoms with Crippen LogP contribution in [0.4, 0.5) is 5.13 Å². The number of carbonyl (C=O) groups is 1. The predicted octanol–water partition coefficient (Wildman–Crippen LogP) is 6.29. The molecule has 1 atom stereocenters. The minimum absolute atomic E-state index is 0.0106. The van der Waals surface area contributed by atoms with Crippen molar-refractivity contribution in [1.29, 1.82) is 0 Å². The number of rotatable bonds is 7. The SMILES string of the molecule is O=C(Nc1nccs1)C(SC1CCCC1)c1ccc(Oc2ccccc2)cc1. The molecule has 1 amide bonds. The Hall–Kier alpha value is -2.31. The quantitative estimate of drug-likeness (QED) is 0.497. The number of thiazole rings is 1. The maximum atomic E-state index is 13.0. The molecule has 3 aromatic rings. The summed E-state index contributed by atoms with van der Waals surface area (Å²) >= 11 is 3.21. The summed E-state index contributed by atoms with van der Waals surface area (Å²) in [7, 11) is 0. The molecule has 0 saturated heterocycles. The molecule has 28 heavy (non-hydrogen) atoms. The number of para-hydroxylation sites is 1. The van der Waals surface area contributed by atoms with E-state index in [0.29, 0.717) is 10.4 Å². The minimum Gasteiger partial charge on any atom is -0.457 e. The van der Waals surface area contributed by atoms with Gasteiger partial charge >= 0.3 is 0 Å². The molecule has 1 heterocycles. The van der Waals surface area contributed by atoms with Crippen molar-refractivity contribution in [2.75, 3.05) is 5.32 Å². The smallest absolute Gasteiger partial charge is 0.243 e. The minimum atomic E-state index is -0.252. The van der Waals surface area contributed by atoms with E-state index in [9.17, 15) is 4.79 Å². The lowest BCUT2D eigenvalue weighted by Gasteiger charge is -2.20. The van der Waals surface area contributed by atoms with Crippen molar-refractivity contribution in [2.45, 2.75) is 36.2 Å². The molecule has 1 saturated carbocycles. The summed E-state index contributed by atoms with van der Waals surface area (Å²) in [6, 6.07) is 17.5. The van der Waals surface area contributed by atoms with Gasteiger partial charge in [0, 0.05) is 16.8 Å². The van der Waals surface area contributed by atoms with Crippen molar-refractivity contribution in [3.63, 3.8) is 0 Å². The van der Waals surface area contributed by atoms with Crippen LogP contribution in [0.25, 0.3) is 0 Å². The van der Waals surface area contributed by atoms with E-state index < -0.39 is 0 Å². The maximum Gasteiger partial charge on any atom is 0.243 e. The second kappa shape index (κ2) is 9.26. The second-order valence-corrected chi connectivity index (χ2v) is 9.04. The number of thioether (sulfide) groups is 1. The summed E-state index contributed by atoms with van der Waals surface area (Å²) in [5.41, 5.74) is 0.992. The van der Waals surface area contributed by atoms with Crippen LogP contribution in [0.3, 0.4) is 0 Å². The molecule has 0 spiro atoms. The lowest BCUT2D eigenvalue weighted by Crippen LogP contribution is -2.20. The van der Waals surface area contributed by atoms with E-state index in [0.717, 1.165) is 17.1 Å². The van der Waals surface area contributed by atoms with Gasteiger partial charge < -0.3 is 10.1 Å². The Kier molecular flexibility index (Phi) is 6.29. The number of hydrogen-bond acceptors (Lipinski definition) is 5. The third-order valence-electron chi connectivity index (χ3n) is 4.69. The molecule has 1 unspecified atom stereocenters. The van der Waals surface area contributed by atoms with Crippen LogP contribution < -0.4 is 10.1 Å². The first-order chi connectivity index (χ1) is 13.8. The van der Waals surface area contributed by atoms with Gasteiger partial charge in [-0.1, -0.05) is 43.2 Å². The van der Waals surface area contributed by atoms with Crippen LogP contribution in [-0.2, 0) is 4.79 Å². The molecule has 2 aromatic carbocycles. The Balaban J connectivity index is 1.50. The van der Waals surface area contributed by atoms with Gasteiger partial charge in [0.1, 0.15) is 16.7 Å². The molecule has 6 heteroatoms. The molecule has 1 fully saturated rings. The summed E-state index contributed by atoms with van der Waals surface area (Å²) in [6.07, 6.45) is 6.57. The summed E-state index contributed by atoms with van der Waals surface area (Å²) in [6.45, 7) is 0. The Morgan fingerprint density at radius 1 is 1.07 bits per heavy atom. The third kappa shape index (κ3) is 4.94. The molecule has 0 bridgehead atoms. The summed E-state index contributed by atoms with van der Waals surface area (Å²) in [5, 5.41) is 5.76.